The van der Waals surface area contributed by atoms with E-state index in [0.29, 0.717) is 0 Å². The van der Waals surface area contributed by atoms with E-state index in [2.05, 4.69) is 0 Å². The van der Waals surface area contributed by atoms with Gasteiger partial charge in [-0.15, -0.1) is 0 Å². The molecule has 0 heterocycles. The van der Waals surface area contributed by atoms with Gasteiger partial charge in [0.15, 0.2) is 0 Å². The van der Waals surface area contributed by atoms with Crippen LogP contribution in [0.25, 0.3) is 0 Å². The molecule has 6 heteroatoms. The Balaban J connectivity index is 2.37. The van der Waals surface area contributed by atoms with E-state index in [4.69, 9.17) is 0 Å². The highest BCUT2D eigenvalue weighted by atomic mass is 16.6. The van der Waals surface area contributed by atoms with Crippen LogP contribution >= 0.6 is 0 Å². The maximum absolute atomic E-state index is 10.8. The lowest BCUT2D eigenvalue weighted by atomic mass is 9.85. The summed E-state index contributed by atoms with van der Waals surface area (Å²) in [6, 6.07) is 4.96. The Morgan fingerprint density at radius 1 is 0.938 bits per heavy atom. The largest absolute Gasteiger partial charge is 0.283 e. The summed E-state index contributed by atoms with van der Waals surface area (Å²) in [4.78, 5) is 20.5. The molecule has 16 heavy (non-hydrogen) atoms. The minimum absolute atomic E-state index is 0.148. The van der Waals surface area contributed by atoms with Crippen molar-refractivity contribution in [2.45, 2.75) is 24.9 Å². The van der Waals surface area contributed by atoms with Crippen molar-refractivity contribution in [1.29, 1.82) is 0 Å². The highest BCUT2D eigenvalue weighted by Gasteiger charge is 2.44. The van der Waals surface area contributed by atoms with Crippen molar-refractivity contribution in [3.63, 3.8) is 0 Å². The average molecular weight is 222 g/mol. The number of fused-ring (bicyclic) bond motifs is 1. The summed E-state index contributed by atoms with van der Waals surface area (Å²) in [6.07, 6.45) is 0.295. The molecule has 6 nitrogen and oxygen atoms in total. The zero-order chi connectivity index (χ0) is 11.7. The van der Waals surface area contributed by atoms with Gasteiger partial charge in [-0.05, 0) is 11.1 Å². The van der Waals surface area contributed by atoms with E-state index < -0.39 is 21.9 Å². The van der Waals surface area contributed by atoms with Crippen LogP contribution in [0.3, 0.4) is 0 Å². The molecule has 0 aliphatic heterocycles. The zero-order valence-corrected chi connectivity index (χ0v) is 8.41. The van der Waals surface area contributed by atoms with Gasteiger partial charge in [0.1, 0.15) is 0 Å². The SMILES string of the molecule is O=[N+]([O-])[C@@H]1Cc2ccccc2C[C@@H]1[N+](=O)[O-]. The first kappa shape index (κ1) is 10.5. The van der Waals surface area contributed by atoms with Crippen LogP contribution in [0.4, 0.5) is 0 Å². The molecule has 0 radical (unpaired) electrons. The van der Waals surface area contributed by atoms with Crippen molar-refractivity contribution in [2.75, 3.05) is 0 Å². The van der Waals surface area contributed by atoms with Crippen LogP contribution in [-0.4, -0.2) is 21.9 Å². The Labute approximate surface area is 91.2 Å². The van der Waals surface area contributed by atoms with Crippen LogP contribution in [0.15, 0.2) is 24.3 Å². The van der Waals surface area contributed by atoms with Gasteiger partial charge in [-0.3, -0.25) is 20.2 Å². The van der Waals surface area contributed by atoms with Gasteiger partial charge in [0.25, 0.3) is 12.1 Å². The van der Waals surface area contributed by atoms with Crippen LogP contribution in [0.2, 0.25) is 0 Å². The van der Waals surface area contributed by atoms with Gasteiger partial charge in [-0.2, -0.15) is 0 Å². The van der Waals surface area contributed by atoms with Gasteiger partial charge >= 0.3 is 0 Å². The lowest BCUT2D eigenvalue weighted by Crippen LogP contribution is -2.45. The molecule has 0 aromatic heterocycles. The predicted molar refractivity (Wildman–Crippen MR) is 55.4 cm³/mol. The smallest absolute Gasteiger partial charge is 0.264 e. The molecule has 0 bridgehead atoms. The normalized spacial score (nSPS) is 23.5. The highest BCUT2D eigenvalue weighted by molar-refractivity contribution is 5.31. The second kappa shape index (κ2) is 3.88. The van der Waals surface area contributed by atoms with Crippen molar-refractivity contribution < 1.29 is 9.85 Å². The standard InChI is InChI=1S/C10H10N2O4/c13-11(14)9-5-7-3-1-2-4-8(7)6-10(9)12(15)16/h1-4,9-10H,5-6H2/t9-,10+. The minimum Gasteiger partial charge on any atom is -0.264 e. The molecular formula is C10H10N2O4. The average Bonchev–Trinajstić information content (AvgIpc) is 2.27. The second-order valence-electron chi connectivity index (χ2n) is 3.88. The second-order valence-corrected chi connectivity index (χ2v) is 3.88. The third-order valence-electron chi connectivity index (χ3n) is 2.96. The molecule has 0 saturated carbocycles. The molecule has 1 aliphatic rings. The Kier molecular flexibility index (Phi) is 2.55. The van der Waals surface area contributed by atoms with Crippen molar-refractivity contribution in [3.8, 4) is 0 Å². The Morgan fingerprint density at radius 2 is 1.31 bits per heavy atom. The molecule has 2 rings (SSSR count). The van der Waals surface area contributed by atoms with Crippen molar-refractivity contribution in [2.24, 2.45) is 0 Å². The van der Waals surface area contributed by atoms with Crippen LogP contribution in [0, 0.1) is 20.2 Å². The summed E-state index contributed by atoms with van der Waals surface area (Å²) in [5, 5.41) is 21.6. The van der Waals surface area contributed by atoms with Gasteiger partial charge < -0.3 is 0 Å². The Morgan fingerprint density at radius 3 is 1.62 bits per heavy atom. The van der Waals surface area contributed by atoms with E-state index in [0.717, 1.165) is 11.1 Å². The van der Waals surface area contributed by atoms with Gasteiger partial charge in [0, 0.05) is 22.7 Å². The van der Waals surface area contributed by atoms with E-state index in [9.17, 15) is 20.2 Å². The molecule has 84 valence electrons. The fourth-order valence-corrected chi connectivity index (χ4v) is 2.11. The number of hydrogen-bond acceptors (Lipinski definition) is 4. The van der Waals surface area contributed by atoms with Crippen LogP contribution in [-0.2, 0) is 12.8 Å². The van der Waals surface area contributed by atoms with Crippen molar-refractivity contribution in [1.82, 2.24) is 0 Å². The van der Waals surface area contributed by atoms with Crippen LogP contribution in [0.5, 0.6) is 0 Å². The molecule has 0 unspecified atom stereocenters. The maximum atomic E-state index is 10.8. The van der Waals surface area contributed by atoms with Crippen LogP contribution in [0.1, 0.15) is 11.1 Å². The van der Waals surface area contributed by atoms with E-state index in [1.54, 1.807) is 24.3 Å². The van der Waals surface area contributed by atoms with Crippen molar-refractivity contribution >= 4 is 0 Å². The molecular weight excluding hydrogens is 212 g/mol. The summed E-state index contributed by atoms with van der Waals surface area (Å²) >= 11 is 0. The third-order valence-corrected chi connectivity index (χ3v) is 2.96. The first-order valence-electron chi connectivity index (χ1n) is 4.93. The van der Waals surface area contributed by atoms with Gasteiger partial charge in [0.2, 0.25) is 0 Å². The van der Waals surface area contributed by atoms with Crippen molar-refractivity contribution in [3.05, 3.63) is 55.6 Å². The molecule has 0 N–H and O–H groups in total. The molecule has 2 atom stereocenters. The highest BCUT2D eigenvalue weighted by Crippen LogP contribution is 2.24. The number of nitro groups is 2. The fraction of sp³-hybridized carbons (Fsp3) is 0.400. The first-order valence-corrected chi connectivity index (χ1v) is 4.93. The van der Waals surface area contributed by atoms with E-state index in [1.165, 1.54) is 0 Å². The monoisotopic (exact) mass is 222 g/mol. The third kappa shape index (κ3) is 1.73. The number of hydrogen-bond donors (Lipinski definition) is 0. The molecule has 1 aromatic carbocycles. The minimum atomic E-state index is -1.11. The summed E-state index contributed by atoms with van der Waals surface area (Å²) in [5.74, 6) is 0. The molecule has 0 amide bonds. The predicted octanol–water partition coefficient (Wildman–Crippen LogP) is 1.08. The van der Waals surface area contributed by atoms with Crippen LogP contribution < -0.4 is 0 Å². The maximum Gasteiger partial charge on any atom is 0.283 e. The molecule has 0 saturated heterocycles. The topological polar surface area (TPSA) is 86.3 Å². The lowest BCUT2D eigenvalue weighted by molar-refractivity contribution is -0.618. The number of nitrogens with zero attached hydrogens (tertiary/aromatic N) is 2. The first-order chi connectivity index (χ1) is 7.59. The van der Waals surface area contributed by atoms with E-state index >= 15 is 0 Å². The molecule has 0 spiro atoms. The van der Waals surface area contributed by atoms with Gasteiger partial charge in [0.05, 0.1) is 0 Å². The zero-order valence-electron chi connectivity index (χ0n) is 8.41. The van der Waals surface area contributed by atoms with Gasteiger partial charge in [-0.1, -0.05) is 24.3 Å². The summed E-state index contributed by atoms with van der Waals surface area (Å²) < 4.78 is 0. The van der Waals surface area contributed by atoms with E-state index in [1.807, 2.05) is 0 Å². The van der Waals surface area contributed by atoms with Gasteiger partial charge in [-0.25, -0.2) is 0 Å². The fourth-order valence-electron chi connectivity index (χ4n) is 2.11. The molecule has 0 fully saturated rings. The lowest BCUT2D eigenvalue weighted by Gasteiger charge is -2.21. The quantitative estimate of drug-likeness (QED) is 0.553. The molecule has 1 aromatic rings. The summed E-state index contributed by atoms with van der Waals surface area (Å²) in [6.45, 7) is 0. The number of benzene rings is 1. The summed E-state index contributed by atoms with van der Waals surface area (Å²) in [5.41, 5.74) is 1.70. The molecule has 1 aliphatic carbocycles. The number of rotatable bonds is 2. The Bertz CT molecular complexity index is 405. The van der Waals surface area contributed by atoms with E-state index in [-0.39, 0.29) is 12.8 Å². The summed E-state index contributed by atoms with van der Waals surface area (Å²) in [7, 11) is 0. The Hall–Kier alpha value is -1.98.